The normalized spacial score (nSPS) is 19.3. The van der Waals surface area contributed by atoms with E-state index >= 15 is 0 Å². The third kappa shape index (κ3) is 1.77. The van der Waals surface area contributed by atoms with Gasteiger partial charge in [-0.05, 0) is 32.9 Å². The molecule has 0 nitrogen and oxygen atoms in total. The molecule has 0 radical (unpaired) electrons. The van der Waals surface area contributed by atoms with Crippen molar-refractivity contribution >= 4 is 7.28 Å². The minimum absolute atomic E-state index is 0.0843. The van der Waals surface area contributed by atoms with E-state index in [1.165, 1.54) is 22.3 Å². The molecule has 0 atom stereocenters. The Morgan fingerprint density at radius 1 is 0.714 bits per heavy atom. The monoisotopic (exact) mass is 270 g/mol. The standard InChI is InChI=1S/C20H19B/c1-19(13-7-8-14-19)21-20(2)17-11-5-3-9-15(17)16-10-4-6-12-18(16)20/h3-14,21H,1-2H3. The topological polar surface area (TPSA) is 0 Å². The van der Waals surface area contributed by atoms with Crippen LogP contribution in [0.2, 0.25) is 5.31 Å². The summed E-state index contributed by atoms with van der Waals surface area (Å²) in [6.45, 7) is 4.74. The Kier molecular flexibility index (Phi) is 2.56. The summed E-state index contributed by atoms with van der Waals surface area (Å²) in [6, 6.07) is 17.8. The van der Waals surface area contributed by atoms with E-state index < -0.39 is 0 Å². The highest BCUT2D eigenvalue weighted by atomic mass is 14.4. The average Bonchev–Trinajstić information content (AvgIpc) is 3.02. The number of hydrogen-bond donors (Lipinski definition) is 0. The van der Waals surface area contributed by atoms with E-state index in [9.17, 15) is 0 Å². The molecule has 102 valence electrons. The Hall–Kier alpha value is -2.02. The zero-order valence-corrected chi connectivity index (χ0v) is 12.6. The van der Waals surface area contributed by atoms with E-state index in [1.54, 1.807) is 0 Å². The van der Waals surface area contributed by atoms with Crippen molar-refractivity contribution in [3.8, 4) is 11.1 Å². The van der Waals surface area contributed by atoms with Crippen molar-refractivity contribution in [1.29, 1.82) is 0 Å². The van der Waals surface area contributed by atoms with Crippen LogP contribution in [0.3, 0.4) is 0 Å². The van der Waals surface area contributed by atoms with Crippen molar-refractivity contribution in [1.82, 2.24) is 0 Å². The zero-order chi connectivity index (χ0) is 14.5. The molecule has 2 aliphatic rings. The van der Waals surface area contributed by atoms with Gasteiger partial charge in [-0.25, -0.2) is 0 Å². The van der Waals surface area contributed by atoms with E-state index in [0.29, 0.717) is 0 Å². The Bertz CT molecular complexity index is 709. The molecular formula is C20H19B. The number of fused-ring (bicyclic) bond motifs is 3. The van der Waals surface area contributed by atoms with Crippen molar-refractivity contribution in [2.45, 2.75) is 24.5 Å². The summed E-state index contributed by atoms with van der Waals surface area (Å²) in [5.74, 6) is 0. The van der Waals surface area contributed by atoms with Crippen LogP contribution >= 0.6 is 0 Å². The summed E-state index contributed by atoms with van der Waals surface area (Å²) in [5.41, 5.74) is 5.76. The van der Waals surface area contributed by atoms with Crippen molar-refractivity contribution in [2.75, 3.05) is 0 Å². The molecule has 0 aromatic heterocycles. The van der Waals surface area contributed by atoms with Gasteiger partial charge >= 0.3 is 0 Å². The van der Waals surface area contributed by atoms with Gasteiger partial charge in [-0.2, -0.15) is 0 Å². The Morgan fingerprint density at radius 2 is 1.19 bits per heavy atom. The number of hydrogen-bond acceptors (Lipinski definition) is 0. The molecule has 0 saturated heterocycles. The third-order valence-electron chi connectivity index (χ3n) is 5.13. The van der Waals surface area contributed by atoms with E-state index in [-0.39, 0.29) is 10.6 Å². The fraction of sp³-hybridized carbons (Fsp3) is 0.200. The molecule has 2 aliphatic carbocycles. The predicted molar refractivity (Wildman–Crippen MR) is 92.1 cm³/mol. The van der Waals surface area contributed by atoms with Gasteiger partial charge in [0.25, 0.3) is 0 Å². The van der Waals surface area contributed by atoms with E-state index in [1.807, 2.05) is 0 Å². The highest BCUT2D eigenvalue weighted by molar-refractivity contribution is 6.48. The van der Waals surface area contributed by atoms with Gasteiger partial charge in [0.05, 0.1) is 0 Å². The second kappa shape index (κ2) is 4.24. The average molecular weight is 270 g/mol. The van der Waals surface area contributed by atoms with Crippen LogP contribution in [0.5, 0.6) is 0 Å². The van der Waals surface area contributed by atoms with Crippen LogP contribution in [-0.4, -0.2) is 7.28 Å². The first kappa shape index (κ1) is 12.7. The van der Waals surface area contributed by atoms with Gasteiger partial charge in [0.1, 0.15) is 0 Å². The number of rotatable bonds is 2. The molecule has 0 amide bonds. The zero-order valence-electron chi connectivity index (χ0n) is 12.6. The lowest BCUT2D eigenvalue weighted by atomic mass is 9.38. The predicted octanol–water partition coefficient (Wildman–Crippen LogP) is 4.67. The molecule has 0 aliphatic heterocycles. The lowest BCUT2D eigenvalue weighted by molar-refractivity contribution is 0.788. The van der Waals surface area contributed by atoms with Gasteiger partial charge in [-0.3, -0.25) is 0 Å². The minimum Gasteiger partial charge on any atom is -0.0825 e. The molecule has 2 aromatic carbocycles. The molecule has 21 heavy (non-hydrogen) atoms. The maximum atomic E-state index is 2.41. The summed E-state index contributed by atoms with van der Waals surface area (Å²) in [7, 11) is 1.11. The maximum Gasteiger partial charge on any atom is 0.155 e. The van der Waals surface area contributed by atoms with Crippen LogP contribution in [0, 0.1) is 0 Å². The van der Waals surface area contributed by atoms with Crippen LogP contribution < -0.4 is 0 Å². The Labute approximate surface area is 127 Å². The van der Waals surface area contributed by atoms with E-state index in [2.05, 4.69) is 86.7 Å². The lowest BCUT2D eigenvalue weighted by Crippen LogP contribution is -2.34. The summed E-state index contributed by atoms with van der Waals surface area (Å²) >= 11 is 0. The van der Waals surface area contributed by atoms with Gasteiger partial charge in [-0.1, -0.05) is 86.7 Å². The largest absolute Gasteiger partial charge is 0.155 e. The van der Waals surface area contributed by atoms with E-state index in [4.69, 9.17) is 0 Å². The molecule has 0 saturated carbocycles. The first-order chi connectivity index (χ1) is 10.1. The maximum absolute atomic E-state index is 2.41. The molecular weight excluding hydrogens is 251 g/mol. The van der Waals surface area contributed by atoms with Gasteiger partial charge < -0.3 is 0 Å². The highest BCUT2D eigenvalue weighted by Crippen LogP contribution is 2.51. The minimum atomic E-state index is 0.0843. The molecule has 0 spiro atoms. The number of benzene rings is 2. The molecule has 4 rings (SSSR count). The van der Waals surface area contributed by atoms with Crippen molar-refractivity contribution < 1.29 is 0 Å². The summed E-state index contributed by atoms with van der Waals surface area (Å²) in [4.78, 5) is 0. The molecule has 1 heteroatoms. The van der Waals surface area contributed by atoms with Crippen molar-refractivity contribution in [2.24, 2.45) is 0 Å². The van der Waals surface area contributed by atoms with Crippen molar-refractivity contribution in [3.63, 3.8) is 0 Å². The molecule has 0 fully saturated rings. The summed E-state index contributed by atoms with van der Waals surface area (Å²) < 4.78 is 0. The fourth-order valence-corrected chi connectivity index (χ4v) is 4.22. The summed E-state index contributed by atoms with van der Waals surface area (Å²) in [5, 5.41) is 0.236. The molecule has 0 heterocycles. The first-order valence-corrected chi connectivity index (χ1v) is 7.69. The lowest BCUT2D eigenvalue weighted by Gasteiger charge is -2.33. The Balaban J connectivity index is 1.92. The number of allylic oxidation sites excluding steroid dienone is 4. The van der Waals surface area contributed by atoms with E-state index in [0.717, 1.165) is 7.28 Å². The molecule has 0 N–H and O–H groups in total. The van der Waals surface area contributed by atoms with Crippen LogP contribution in [0.1, 0.15) is 25.0 Å². The molecule has 0 unspecified atom stereocenters. The van der Waals surface area contributed by atoms with Gasteiger partial charge in [-0.15, -0.1) is 0 Å². The fourth-order valence-electron chi connectivity index (χ4n) is 4.22. The third-order valence-corrected chi connectivity index (χ3v) is 5.13. The second-order valence-electron chi connectivity index (χ2n) is 6.82. The first-order valence-electron chi connectivity index (χ1n) is 7.69. The van der Waals surface area contributed by atoms with Crippen LogP contribution in [0.25, 0.3) is 11.1 Å². The van der Waals surface area contributed by atoms with Gasteiger partial charge in [0.15, 0.2) is 7.28 Å². The van der Waals surface area contributed by atoms with Gasteiger partial charge in [0, 0.05) is 0 Å². The van der Waals surface area contributed by atoms with Crippen LogP contribution in [0.4, 0.5) is 0 Å². The molecule has 2 aromatic rings. The summed E-state index contributed by atoms with van der Waals surface area (Å²) in [6.07, 6.45) is 9.02. The highest BCUT2D eigenvalue weighted by Gasteiger charge is 2.43. The van der Waals surface area contributed by atoms with Crippen LogP contribution in [0.15, 0.2) is 72.8 Å². The second-order valence-corrected chi connectivity index (χ2v) is 6.82. The van der Waals surface area contributed by atoms with Gasteiger partial charge in [0.2, 0.25) is 0 Å². The van der Waals surface area contributed by atoms with Crippen molar-refractivity contribution in [3.05, 3.63) is 84.0 Å². The van der Waals surface area contributed by atoms with Crippen LogP contribution in [-0.2, 0) is 5.31 Å². The SMILES string of the molecule is CC1(BC2(C)c3ccccc3-c3ccccc32)C=CC=C1. The Morgan fingerprint density at radius 3 is 1.71 bits per heavy atom. The smallest absolute Gasteiger partial charge is 0.0825 e. The molecule has 0 bridgehead atoms. The quantitative estimate of drug-likeness (QED) is 0.695.